The maximum absolute atomic E-state index is 13.9. The number of sulfonamides is 1. The summed E-state index contributed by atoms with van der Waals surface area (Å²) in [7, 11) is -7.47. The highest BCUT2D eigenvalue weighted by molar-refractivity contribution is 7.92. The molecule has 2 aliphatic heterocycles. The van der Waals surface area contributed by atoms with E-state index in [0.717, 1.165) is 12.7 Å². The number of nitrogens with zero attached hydrogens (tertiary/aromatic N) is 2. The SMILES string of the molecule is CCOP1(=O)N=C(C2=C(O)C(C(C)(C)C)N(CC(C)(C)CC)C2=O)Nc2ccc(NS(C)(=O)=O)cc21. The molecule has 2 heterocycles. The average molecular weight is 541 g/mol. The number of amidine groups is 1. The van der Waals surface area contributed by atoms with E-state index in [9.17, 15) is 22.9 Å². The van der Waals surface area contributed by atoms with E-state index in [1.54, 1.807) is 17.9 Å². The minimum absolute atomic E-state index is 0.0309. The number of aliphatic hydroxyl groups is 1. The molecule has 0 radical (unpaired) electrons. The Kier molecular flexibility index (Phi) is 7.45. The van der Waals surface area contributed by atoms with Crippen molar-refractivity contribution in [3.63, 3.8) is 0 Å². The predicted molar refractivity (Wildman–Crippen MR) is 144 cm³/mol. The Balaban J connectivity index is 2.13. The zero-order chi connectivity index (χ0) is 27.3. The molecule has 0 saturated heterocycles. The molecule has 12 heteroatoms. The highest BCUT2D eigenvalue weighted by atomic mass is 32.2. The normalized spacial score (nSPS) is 22.9. The average Bonchev–Trinajstić information content (AvgIpc) is 2.96. The summed E-state index contributed by atoms with van der Waals surface area (Å²) in [5, 5.41) is 14.6. The van der Waals surface area contributed by atoms with Crippen molar-refractivity contribution in [1.82, 2.24) is 4.90 Å². The van der Waals surface area contributed by atoms with Gasteiger partial charge < -0.3 is 19.8 Å². The van der Waals surface area contributed by atoms with Crippen LogP contribution in [0.4, 0.5) is 11.4 Å². The largest absolute Gasteiger partial charge is 0.509 e. The summed E-state index contributed by atoms with van der Waals surface area (Å²) in [6.45, 7) is 14.2. The lowest BCUT2D eigenvalue weighted by Gasteiger charge is -2.39. The van der Waals surface area contributed by atoms with Crippen LogP contribution < -0.4 is 15.3 Å². The van der Waals surface area contributed by atoms with Crippen LogP contribution in [0, 0.1) is 10.8 Å². The van der Waals surface area contributed by atoms with Crippen LogP contribution in [0.1, 0.15) is 54.9 Å². The van der Waals surface area contributed by atoms with Gasteiger partial charge in [-0.15, -0.1) is 0 Å². The van der Waals surface area contributed by atoms with Gasteiger partial charge in [0.15, 0.2) is 5.84 Å². The zero-order valence-corrected chi connectivity index (χ0v) is 23.9. The van der Waals surface area contributed by atoms with Crippen molar-refractivity contribution in [2.75, 3.05) is 29.4 Å². The number of anilines is 2. The second-order valence-electron chi connectivity index (χ2n) is 11.1. The minimum atomic E-state index is -3.91. The Morgan fingerprint density at radius 3 is 2.39 bits per heavy atom. The van der Waals surface area contributed by atoms with Gasteiger partial charge in [-0.25, -0.2) is 8.42 Å². The molecule has 3 N–H and O–H groups in total. The van der Waals surface area contributed by atoms with Crippen LogP contribution in [-0.2, 0) is 23.9 Å². The predicted octanol–water partition coefficient (Wildman–Crippen LogP) is 4.24. The highest BCUT2D eigenvalue weighted by Gasteiger charge is 2.49. The Morgan fingerprint density at radius 1 is 1.22 bits per heavy atom. The lowest BCUT2D eigenvalue weighted by atomic mass is 9.83. The molecule has 0 bridgehead atoms. The van der Waals surface area contributed by atoms with E-state index in [0.29, 0.717) is 12.2 Å². The smallest absolute Gasteiger partial charge is 0.348 e. The molecule has 0 spiro atoms. The number of aliphatic hydroxyl groups excluding tert-OH is 1. The molecule has 2 unspecified atom stereocenters. The first-order valence-electron chi connectivity index (χ1n) is 11.9. The monoisotopic (exact) mass is 540 g/mol. The third-order valence-electron chi connectivity index (χ3n) is 6.31. The number of rotatable bonds is 8. The van der Waals surface area contributed by atoms with E-state index < -0.39 is 34.9 Å². The first-order chi connectivity index (χ1) is 16.4. The van der Waals surface area contributed by atoms with Crippen LogP contribution in [0.3, 0.4) is 0 Å². The number of fused-ring (bicyclic) bond motifs is 1. The molecule has 1 amide bonds. The molecule has 0 aliphatic carbocycles. The molecular weight excluding hydrogens is 503 g/mol. The van der Waals surface area contributed by atoms with Crippen molar-refractivity contribution in [1.29, 1.82) is 0 Å². The first-order valence-corrected chi connectivity index (χ1v) is 15.4. The zero-order valence-electron chi connectivity index (χ0n) is 22.2. The van der Waals surface area contributed by atoms with Crippen molar-refractivity contribution in [3.8, 4) is 0 Å². The fraction of sp³-hybridized carbons (Fsp3) is 0.583. The summed E-state index contributed by atoms with van der Waals surface area (Å²) >= 11 is 0. The summed E-state index contributed by atoms with van der Waals surface area (Å²) in [5.74, 6) is -0.564. The van der Waals surface area contributed by atoms with Crippen LogP contribution in [0.15, 0.2) is 34.3 Å². The first kappa shape index (κ1) is 28.2. The molecule has 10 nitrogen and oxygen atoms in total. The fourth-order valence-corrected chi connectivity index (χ4v) is 6.72. The van der Waals surface area contributed by atoms with Gasteiger partial charge in [-0.2, -0.15) is 4.76 Å². The molecule has 3 rings (SSSR count). The topological polar surface area (TPSA) is 137 Å². The minimum Gasteiger partial charge on any atom is -0.509 e. The molecule has 0 fully saturated rings. The van der Waals surface area contributed by atoms with E-state index in [4.69, 9.17) is 4.52 Å². The van der Waals surface area contributed by atoms with Crippen molar-refractivity contribution < 1.29 is 27.4 Å². The van der Waals surface area contributed by atoms with Crippen LogP contribution in [-0.4, -0.2) is 55.6 Å². The van der Waals surface area contributed by atoms with Gasteiger partial charge in [0.2, 0.25) is 10.0 Å². The lowest BCUT2D eigenvalue weighted by Crippen LogP contribution is -2.48. The summed E-state index contributed by atoms with van der Waals surface area (Å²) < 4.78 is 49.6. The third-order valence-corrected chi connectivity index (χ3v) is 8.97. The van der Waals surface area contributed by atoms with Crippen molar-refractivity contribution in [2.45, 2.75) is 60.9 Å². The molecule has 0 aromatic heterocycles. The van der Waals surface area contributed by atoms with Crippen LogP contribution in [0.2, 0.25) is 0 Å². The van der Waals surface area contributed by atoms with Gasteiger partial charge >= 0.3 is 7.52 Å². The van der Waals surface area contributed by atoms with Gasteiger partial charge in [0.25, 0.3) is 5.91 Å². The van der Waals surface area contributed by atoms with Gasteiger partial charge in [-0.05, 0) is 42.4 Å². The number of amides is 1. The quantitative estimate of drug-likeness (QED) is 0.419. The summed E-state index contributed by atoms with van der Waals surface area (Å²) in [5.41, 5.74) is -0.146. The molecule has 0 saturated carbocycles. The number of nitrogens with one attached hydrogen (secondary N) is 2. The molecule has 1 aromatic rings. The summed E-state index contributed by atoms with van der Waals surface area (Å²) in [6.07, 6.45) is 1.85. The third kappa shape index (κ3) is 5.63. The molecule has 2 atom stereocenters. The highest BCUT2D eigenvalue weighted by Crippen LogP contribution is 2.53. The van der Waals surface area contributed by atoms with E-state index >= 15 is 0 Å². The molecular formula is C24H37N4O6PS. The second-order valence-corrected chi connectivity index (χ2v) is 14.8. The van der Waals surface area contributed by atoms with Gasteiger partial charge in [0.1, 0.15) is 11.3 Å². The van der Waals surface area contributed by atoms with Gasteiger partial charge in [0.05, 0.1) is 29.9 Å². The Hall–Kier alpha value is -2.36. The van der Waals surface area contributed by atoms with Gasteiger partial charge in [-0.3, -0.25) is 14.1 Å². The fourth-order valence-electron chi connectivity index (χ4n) is 4.36. The van der Waals surface area contributed by atoms with Crippen molar-refractivity contribution in [2.24, 2.45) is 15.6 Å². The Bertz CT molecular complexity index is 1280. The van der Waals surface area contributed by atoms with E-state index in [-0.39, 0.29) is 40.2 Å². The van der Waals surface area contributed by atoms with E-state index in [1.165, 1.54) is 12.1 Å². The number of carbonyl (C=O) groups is 1. The Labute approximate surface area is 213 Å². The van der Waals surface area contributed by atoms with Crippen molar-refractivity contribution in [3.05, 3.63) is 29.5 Å². The van der Waals surface area contributed by atoms with Crippen LogP contribution >= 0.6 is 7.52 Å². The number of hydrogen-bond acceptors (Lipinski definition) is 7. The van der Waals surface area contributed by atoms with E-state index in [1.807, 2.05) is 20.8 Å². The van der Waals surface area contributed by atoms with Crippen LogP contribution in [0.5, 0.6) is 0 Å². The van der Waals surface area contributed by atoms with Crippen molar-refractivity contribution >= 4 is 46.0 Å². The Morgan fingerprint density at radius 2 is 1.86 bits per heavy atom. The molecule has 36 heavy (non-hydrogen) atoms. The number of hydrogen-bond donors (Lipinski definition) is 3. The van der Waals surface area contributed by atoms with Gasteiger partial charge in [-0.1, -0.05) is 41.5 Å². The maximum Gasteiger partial charge on any atom is 0.348 e. The number of benzene rings is 1. The molecule has 1 aromatic carbocycles. The maximum atomic E-state index is 13.9. The van der Waals surface area contributed by atoms with Gasteiger partial charge in [0, 0.05) is 12.2 Å². The standard InChI is InChI=1S/C24H37N4O6PS/c1-9-24(6,7)14-28-20(23(3,4)5)19(29)18(22(28)30)21-25-16-12-11-15(27-36(8,32)33)13-17(16)35(31,26-21)34-10-2/h11-13,20,27,29H,9-10,14H2,1-8H3,(H,25,26,31). The van der Waals surface area contributed by atoms with E-state index in [2.05, 4.69) is 35.6 Å². The molecule has 200 valence electrons. The summed E-state index contributed by atoms with van der Waals surface area (Å²) in [4.78, 5) is 15.4. The lowest BCUT2D eigenvalue weighted by molar-refractivity contribution is -0.130. The summed E-state index contributed by atoms with van der Waals surface area (Å²) in [6, 6.07) is 3.85. The second kappa shape index (κ2) is 9.50. The van der Waals surface area contributed by atoms with Crippen LogP contribution in [0.25, 0.3) is 0 Å². The molecule has 2 aliphatic rings. The number of carbonyl (C=O) groups excluding carboxylic acids is 1.